The van der Waals surface area contributed by atoms with Crippen molar-refractivity contribution in [2.45, 2.75) is 43.2 Å². The van der Waals surface area contributed by atoms with Crippen LogP contribution in [0.5, 0.6) is 0 Å². The maximum atomic E-state index is 12.2. The Morgan fingerprint density at radius 1 is 0.966 bits per heavy atom. The third kappa shape index (κ3) is 5.51. The van der Waals surface area contributed by atoms with Gasteiger partial charge >= 0.3 is 0 Å². The summed E-state index contributed by atoms with van der Waals surface area (Å²) in [5.41, 5.74) is 0.899. The molecule has 162 valence electrons. The van der Waals surface area contributed by atoms with E-state index in [1.165, 1.54) is 6.26 Å². The summed E-state index contributed by atoms with van der Waals surface area (Å²) in [4.78, 5) is 19.7. The molecule has 0 radical (unpaired) electrons. The number of amides is 1. The summed E-state index contributed by atoms with van der Waals surface area (Å²) in [7, 11) is -3.19. The molecule has 8 heteroatoms. The van der Waals surface area contributed by atoms with Gasteiger partial charge in [0, 0.05) is 50.9 Å². The number of rotatable bonds is 5. The quantitative estimate of drug-likeness (QED) is 0.699. The number of piperazine rings is 1. The number of halogens is 1. The molecule has 1 aliphatic carbocycles. The largest absolute Gasteiger partial charge is 0.340 e. The van der Waals surface area contributed by atoms with Crippen LogP contribution in [0.25, 0.3) is 0 Å². The highest BCUT2D eigenvalue weighted by Crippen LogP contribution is 2.31. The number of hydrogen-bond donors (Lipinski definition) is 0. The Morgan fingerprint density at radius 3 is 2.17 bits per heavy atom. The molecule has 0 aromatic heterocycles. The third-order valence-corrected chi connectivity index (χ3v) is 7.59. The molecular weight excluding hydrogens is 410 g/mol. The molecule has 4 rings (SSSR count). The molecule has 1 saturated carbocycles. The lowest BCUT2D eigenvalue weighted by atomic mass is 10.0. The fraction of sp³-hybridized carbons (Fsp3) is 0.667. The Balaban J connectivity index is 0.00000240. The summed E-state index contributed by atoms with van der Waals surface area (Å²) >= 11 is 0. The van der Waals surface area contributed by atoms with Crippen LogP contribution >= 0.6 is 12.4 Å². The first-order valence-electron chi connectivity index (χ1n) is 10.4. The van der Waals surface area contributed by atoms with Gasteiger partial charge in [-0.2, -0.15) is 0 Å². The highest BCUT2D eigenvalue weighted by atomic mass is 35.5. The zero-order chi connectivity index (χ0) is 19.7. The van der Waals surface area contributed by atoms with Crippen molar-refractivity contribution in [3.63, 3.8) is 0 Å². The van der Waals surface area contributed by atoms with Crippen molar-refractivity contribution in [1.82, 2.24) is 14.7 Å². The normalized spacial score (nSPS) is 22.3. The van der Waals surface area contributed by atoms with Crippen LogP contribution in [0.4, 0.5) is 0 Å². The number of benzene rings is 1. The molecule has 0 bridgehead atoms. The molecule has 0 unspecified atom stereocenters. The van der Waals surface area contributed by atoms with Gasteiger partial charge in [0.25, 0.3) is 0 Å². The minimum absolute atomic E-state index is 0. The molecule has 0 N–H and O–H groups in total. The Hall–Kier alpha value is -1.15. The first kappa shape index (κ1) is 22.5. The number of sulfone groups is 1. The number of carbonyl (C=O) groups is 1. The van der Waals surface area contributed by atoms with Gasteiger partial charge in [-0.1, -0.05) is 18.2 Å². The molecule has 1 aromatic rings. The lowest BCUT2D eigenvalue weighted by molar-refractivity contribution is -0.134. The topological polar surface area (TPSA) is 60.9 Å². The van der Waals surface area contributed by atoms with E-state index < -0.39 is 9.84 Å². The molecule has 3 fully saturated rings. The molecule has 6 nitrogen and oxygen atoms in total. The second kappa shape index (κ2) is 9.33. The van der Waals surface area contributed by atoms with Gasteiger partial charge < -0.3 is 4.90 Å². The van der Waals surface area contributed by atoms with Crippen LogP contribution in [0, 0.1) is 5.92 Å². The number of likely N-dealkylation sites (tertiary alicyclic amines) is 1. The van der Waals surface area contributed by atoms with Crippen LogP contribution in [-0.2, 0) is 21.2 Å². The number of carbonyl (C=O) groups excluding carboxylic acids is 1. The minimum atomic E-state index is -3.19. The molecule has 0 spiro atoms. The minimum Gasteiger partial charge on any atom is -0.340 e. The van der Waals surface area contributed by atoms with Crippen LogP contribution in [0.2, 0.25) is 0 Å². The Bertz CT molecular complexity index is 812. The van der Waals surface area contributed by atoms with Crippen molar-refractivity contribution in [3.8, 4) is 0 Å². The van der Waals surface area contributed by atoms with Gasteiger partial charge in [-0.25, -0.2) is 8.42 Å². The van der Waals surface area contributed by atoms with Crippen molar-refractivity contribution < 1.29 is 13.2 Å². The average molecular weight is 442 g/mol. The van der Waals surface area contributed by atoms with Crippen LogP contribution in [0.3, 0.4) is 0 Å². The monoisotopic (exact) mass is 441 g/mol. The standard InChI is InChI=1S/C21H31N3O3S.ClH/c1-28(26,27)20-5-3-2-4-18(20)16-22-10-8-19(9-11-22)23-12-14-24(15-13-23)21(25)17-6-7-17;/h2-5,17,19H,6-16H2,1H3;1H. The van der Waals surface area contributed by atoms with Crippen LogP contribution < -0.4 is 0 Å². The molecule has 3 aliphatic rings. The lowest BCUT2D eigenvalue weighted by Gasteiger charge is -2.43. The summed E-state index contributed by atoms with van der Waals surface area (Å²) in [5, 5.41) is 0. The number of piperidine rings is 1. The van der Waals surface area contributed by atoms with Gasteiger partial charge in [0.15, 0.2) is 9.84 Å². The molecule has 2 heterocycles. The molecule has 2 saturated heterocycles. The van der Waals surface area contributed by atoms with Gasteiger partial charge in [0.2, 0.25) is 5.91 Å². The third-order valence-electron chi connectivity index (χ3n) is 6.39. The van der Waals surface area contributed by atoms with Crippen LogP contribution in [0.15, 0.2) is 29.2 Å². The van der Waals surface area contributed by atoms with Crippen LogP contribution in [0.1, 0.15) is 31.2 Å². The number of hydrogen-bond acceptors (Lipinski definition) is 5. The fourth-order valence-electron chi connectivity index (χ4n) is 4.58. The summed E-state index contributed by atoms with van der Waals surface area (Å²) in [6.07, 6.45) is 5.67. The maximum Gasteiger partial charge on any atom is 0.225 e. The molecule has 1 amide bonds. The highest BCUT2D eigenvalue weighted by Gasteiger charge is 2.35. The second-order valence-electron chi connectivity index (χ2n) is 8.52. The van der Waals surface area contributed by atoms with Gasteiger partial charge in [0.1, 0.15) is 0 Å². The predicted octanol–water partition coefficient (Wildman–Crippen LogP) is 2.03. The van der Waals surface area contributed by atoms with E-state index in [2.05, 4.69) is 14.7 Å². The Morgan fingerprint density at radius 2 is 1.59 bits per heavy atom. The van der Waals surface area contributed by atoms with Gasteiger partial charge in [-0.05, 0) is 50.4 Å². The van der Waals surface area contributed by atoms with Gasteiger partial charge in [-0.3, -0.25) is 14.6 Å². The van der Waals surface area contributed by atoms with Crippen molar-refractivity contribution in [1.29, 1.82) is 0 Å². The molecule has 2 aliphatic heterocycles. The SMILES string of the molecule is CS(=O)(=O)c1ccccc1CN1CCC(N2CCN(C(=O)C3CC3)CC2)CC1.Cl. The second-order valence-corrected chi connectivity index (χ2v) is 10.5. The van der Waals surface area contributed by atoms with E-state index in [4.69, 9.17) is 0 Å². The lowest BCUT2D eigenvalue weighted by Crippen LogP contribution is -2.54. The summed E-state index contributed by atoms with van der Waals surface area (Å²) in [5.74, 6) is 0.698. The van der Waals surface area contributed by atoms with E-state index in [0.717, 1.165) is 70.5 Å². The van der Waals surface area contributed by atoms with E-state index >= 15 is 0 Å². The van der Waals surface area contributed by atoms with Crippen LogP contribution in [-0.4, -0.2) is 80.6 Å². The molecular formula is C21H32ClN3O3S. The highest BCUT2D eigenvalue weighted by molar-refractivity contribution is 7.90. The van der Waals surface area contributed by atoms with Crippen molar-refractivity contribution in [2.24, 2.45) is 5.92 Å². The van der Waals surface area contributed by atoms with Gasteiger partial charge in [0.05, 0.1) is 4.90 Å². The summed E-state index contributed by atoms with van der Waals surface area (Å²) in [6, 6.07) is 7.93. The Labute approximate surface area is 180 Å². The Kier molecular flexibility index (Phi) is 7.25. The smallest absolute Gasteiger partial charge is 0.225 e. The first-order chi connectivity index (χ1) is 13.4. The zero-order valence-electron chi connectivity index (χ0n) is 17.1. The van der Waals surface area contributed by atoms with Crippen molar-refractivity contribution >= 4 is 28.2 Å². The first-order valence-corrected chi connectivity index (χ1v) is 12.3. The van der Waals surface area contributed by atoms with Crippen molar-refractivity contribution in [3.05, 3.63) is 29.8 Å². The predicted molar refractivity (Wildman–Crippen MR) is 116 cm³/mol. The maximum absolute atomic E-state index is 12.2. The molecule has 0 atom stereocenters. The summed E-state index contributed by atoms with van der Waals surface area (Å²) < 4.78 is 24.0. The fourth-order valence-corrected chi connectivity index (χ4v) is 5.51. The van der Waals surface area contributed by atoms with E-state index in [-0.39, 0.29) is 12.4 Å². The van der Waals surface area contributed by atoms with E-state index in [0.29, 0.717) is 29.3 Å². The summed E-state index contributed by atoms with van der Waals surface area (Å²) in [6.45, 7) is 6.39. The van der Waals surface area contributed by atoms with Crippen molar-refractivity contribution in [2.75, 3.05) is 45.5 Å². The van der Waals surface area contributed by atoms with Gasteiger partial charge in [-0.15, -0.1) is 12.4 Å². The average Bonchev–Trinajstić information content (AvgIpc) is 3.53. The molecule has 1 aromatic carbocycles. The zero-order valence-corrected chi connectivity index (χ0v) is 18.8. The number of nitrogens with zero attached hydrogens (tertiary/aromatic N) is 3. The van der Waals surface area contributed by atoms with E-state index in [1.807, 2.05) is 12.1 Å². The van der Waals surface area contributed by atoms with E-state index in [9.17, 15) is 13.2 Å². The van der Waals surface area contributed by atoms with E-state index in [1.54, 1.807) is 12.1 Å². The molecule has 29 heavy (non-hydrogen) atoms.